The average molecular weight is 313 g/mol. The molecule has 3 aromatic rings. The van der Waals surface area contributed by atoms with Crippen molar-refractivity contribution in [1.82, 2.24) is 4.57 Å². The van der Waals surface area contributed by atoms with Crippen LogP contribution in [0.3, 0.4) is 0 Å². The van der Waals surface area contributed by atoms with Crippen LogP contribution in [0.15, 0.2) is 91.0 Å². The lowest BCUT2D eigenvalue weighted by molar-refractivity contribution is 0.941. The van der Waals surface area contributed by atoms with E-state index in [-0.39, 0.29) is 0 Å². The fraction of sp³-hybridized carbons (Fsp3) is 0.130. The first-order valence-corrected chi connectivity index (χ1v) is 8.38. The maximum atomic E-state index is 2.32. The minimum Gasteiger partial charge on any atom is -0.343 e. The largest absolute Gasteiger partial charge is 0.343 e. The highest BCUT2D eigenvalue weighted by Crippen LogP contribution is 2.32. The lowest BCUT2D eigenvalue weighted by Crippen LogP contribution is -1.96. The molecule has 1 aromatic heterocycles. The van der Waals surface area contributed by atoms with E-state index in [0.29, 0.717) is 0 Å². The lowest BCUT2D eigenvalue weighted by Gasteiger charge is -2.09. The molecule has 0 aliphatic carbocycles. The Labute approximate surface area is 144 Å². The summed E-state index contributed by atoms with van der Waals surface area (Å²) >= 11 is 0. The van der Waals surface area contributed by atoms with Gasteiger partial charge in [0.1, 0.15) is 0 Å². The zero-order valence-electron chi connectivity index (χ0n) is 14.3. The highest BCUT2D eigenvalue weighted by atomic mass is 15.0. The zero-order chi connectivity index (χ0) is 16.8. The van der Waals surface area contributed by atoms with Gasteiger partial charge in [-0.25, -0.2) is 0 Å². The standard InChI is InChI=1S/C23H23N/c1-3-4-5-8-17-21-18-22(19-13-9-6-10-14-19)24(2)23(21)20-15-11-7-12-16-20/h3-16,18H,17H2,1-2H3/b4-3-,8-5-. The third kappa shape index (κ3) is 3.41. The van der Waals surface area contributed by atoms with Gasteiger partial charge in [0.25, 0.3) is 0 Å². The first-order valence-electron chi connectivity index (χ1n) is 8.38. The molecule has 1 heterocycles. The van der Waals surface area contributed by atoms with E-state index in [9.17, 15) is 0 Å². The van der Waals surface area contributed by atoms with Gasteiger partial charge in [-0.1, -0.05) is 85.0 Å². The van der Waals surface area contributed by atoms with Crippen LogP contribution in [-0.2, 0) is 13.5 Å². The molecule has 0 saturated heterocycles. The second kappa shape index (κ2) is 7.65. The predicted octanol–water partition coefficient (Wildman–Crippen LogP) is 6.03. The predicted molar refractivity (Wildman–Crippen MR) is 104 cm³/mol. The minimum atomic E-state index is 0.926. The van der Waals surface area contributed by atoms with E-state index in [0.717, 1.165) is 6.42 Å². The SMILES string of the molecule is C/C=C\C=C/Cc1cc(-c2ccccc2)n(C)c1-c1ccccc1. The molecule has 0 amide bonds. The summed E-state index contributed by atoms with van der Waals surface area (Å²) in [5, 5.41) is 0. The van der Waals surface area contributed by atoms with E-state index in [1.807, 2.05) is 6.92 Å². The van der Waals surface area contributed by atoms with E-state index in [1.165, 1.54) is 28.1 Å². The Balaban J connectivity index is 2.09. The molecule has 120 valence electrons. The fourth-order valence-corrected chi connectivity index (χ4v) is 3.07. The third-order valence-corrected chi connectivity index (χ3v) is 4.21. The monoisotopic (exact) mass is 313 g/mol. The molecule has 1 heteroatoms. The van der Waals surface area contributed by atoms with E-state index < -0.39 is 0 Å². The van der Waals surface area contributed by atoms with Gasteiger partial charge in [-0.3, -0.25) is 0 Å². The highest BCUT2D eigenvalue weighted by Gasteiger charge is 2.14. The van der Waals surface area contributed by atoms with Crippen LogP contribution in [-0.4, -0.2) is 4.57 Å². The van der Waals surface area contributed by atoms with Crippen molar-refractivity contribution in [2.24, 2.45) is 7.05 Å². The molecule has 0 unspecified atom stereocenters. The Morgan fingerprint density at radius 2 is 1.46 bits per heavy atom. The average Bonchev–Trinajstić information content (AvgIpc) is 2.96. The zero-order valence-corrected chi connectivity index (χ0v) is 14.3. The molecule has 0 radical (unpaired) electrons. The summed E-state index contributed by atoms with van der Waals surface area (Å²) in [4.78, 5) is 0. The van der Waals surface area contributed by atoms with Gasteiger partial charge in [-0.2, -0.15) is 0 Å². The molecular weight excluding hydrogens is 290 g/mol. The fourth-order valence-electron chi connectivity index (χ4n) is 3.07. The second-order valence-electron chi connectivity index (χ2n) is 5.85. The first-order chi connectivity index (χ1) is 11.8. The van der Waals surface area contributed by atoms with Crippen molar-refractivity contribution in [3.05, 3.63) is 96.6 Å². The summed E-state index contributed by atoms with van der Waals surface area (Å²) in [6.07, 6.45) is 9.38. The highest BCUT2D eigenvalue weighted by molar-refractivity contribution is 5.73. The molecule has 1 nitrogen and oxygen atoms in total. The van der Waals surface area contributed by atoms with Crippen LogP contribution in [0.5, 0.6) is 0 Å². The number of allylic oxidation sites excluding steroid dienone is 4. The molecule has 24 heavy (non-hydrogen) atoms. The molecule has 0 aliphatic heterocycles. The molecule has 3 rings (SSSR count). The molecule has 0 atom stereocenters. The minimum absolute atomic E-state index is 0.926. The van der Waals surface area contributed by atoms with Crippen molar-refractivity contribution < 1.29 is 0 Å². The molecule has 0 aliphatic rings. The molecule has 0 spiro atoms. The van der Waals surface area contributed by atoms with Crippen molar-refractivity contribution in [3.63, 3.8) is 0 Å². The van der Waals surface area contributed by atoms with Crippen LogP contribution in [0.2, 0.25) is 0 Å². The summed E-state index contributed by atoms with van der Waals surface area (Å²) in [5.74, 6) is 0. The Kier molecular flexibility index (Phi) is 5.12. The third-order valence-electron chi connectivity index (χ3n) is 4.21. The van der Waals surface area contributed by atoms with E-state index in [2.05, 4.69) is 103 Å². The second-order valence-corrected chi connectivity index (χ2v) is 5.85. The van der Waals surface area contributed by atoms with E-state index in [1.54, 1.807) is 0 Å². The Bertz CT molecular complexity index is 837. The summed E-state index contributed by atoms with van der Waals surface area (Å²) in [6.45, 7) is 2.04. The number of rotatable bonds is 5. The van der Waals surface area contributed by atoms with E-state index in [4.69, 9.17) is 0 Å². The quantitative estimate of drug-likeness (QED) is 0.506. The number of hydrogen-bond acceptors (Lipinski definition) is 0. The van der Waals surface area contributed by atoms with E-state index >= 15 is 0 Å². The van der Waals surface area contributed by atoms with Crippen molar-refractivity contribution in [2.45, 2.75) is 13.3 Å². The van der Waals surface area contributed by atoms with Gasteiger partial charge in [0, 0.05) is 12.7 Å². The van der Waals surface area contributed by atoms with Gasteiger partial charge in [0.2, 0.25) is 0 Å². The number of hydrogen-bond donors (Lipinski definition) is 0. The lowest BCUT2D eigenvalue weighted by atomic mass is 10.0. The summed E-state index contributed by atoms with van der Waals surface area (Å²) < 4.78 is 2.31. The van der Waals surface area contributed by atoms with Crippen LogP contribution in [0.25, 0.3) is 22.5 Å². The van der Waals surface area contributed by atoms with Crippen LogP contribution in [0, 0.1) is 0 Å². The van der Waals surface area contributed by atoms with Crippen LogP contribution >= 0.6 is 0 Å². The van der Waals surface area contributed by atoms with Crippen LogP contribution in [0.4, 0.5) is 0 Å². The Morgan fingerprint density at radius 1 is 0.833 bits per heavy atom. The van der Waals surface area contributed by atoms with Crippen molar-refractivity contribution in [3.8, 4) is 22.5 Å². The summed E-state index contributed by atoms with van der Waals surface area (Å²) in [5.41, 5.74) is 6.41. The maximum absolute atomic E-state index is 2.32. The summed E-state index contributed by atoms with van der Waals surface area (Å²) in [6, 6.07) is 23.5. The maximum Gasteiger partial charge on any atom is 0.0518 e. The molecule has 0 saturated carbocycles. The molecule has 0 fully saturated rings. The molecule has 0 bridgehead atoms. The van der Waals surface area contributed by atoms with Gasteiger partial charge < -0.3 is 4.57 Å². The van der Waals surface area contributed by atoms with Crippen molar-refractivity contribution in [1.29, 1.82) is 0 Å². The first kappa shape index (κ1) is 16.1. The number of benzene rings is 2. The molecule has 0 N–H and O–H groups in total. The number of nitrogens with zero attached hydrogens (tertiary/aromatic N) is 1. The molecular formula is C23H23N. The number of aromatic nitrogens is 1. The molecule has 2 aromatic carbocycles. The topological polar surface area (TPSA) is 4.93 Å². The van der Waals surface area contributed by atoms with Crippen LogP contribution < -0.4 is 0 Å². The van der Waals surface area contributed by atoms with Gasteiger partial charge >= 0.3 is 0 Å². The van der Waals surface area contributed by atoms with Crippen LogP contribution in [0.1, 0.15) is 12.5 Å². The van der Waals surface area contributed by atoms with Gasteiger partial charge in [-0.15, -0.1) is 0 Å². The van der Waals surface area contributed by atoms with Gasteiger partial charge in [0.15, 0.2) is 0 Å². The van der Waals surface area contributed by atoms with Gasteiger partial charge in [0.05, 0.1) is 5.69 Å². The van der Waals surface area contributed by atoms with Gasteiger partial charge in [-0.05, 0) is 36.1 Å². The normalized spacial score (nSPS) is 11.6. The van der Waals surface area contributed by atoms with Crippen molar-refractivity contribution >= 4 is 0 Å². The van der Waals surface area contributed by atoms with Crippen molar-refractivity contribution in [2.75, 3.05) is 0 Å². The Hall–Kier alpha value is -2.80. The smallest absolute Gasteiger partial charge is 0.0518 e. The summed E-state index contributed by atoms with van der Waals surface area (Å²) in [7, 11) is 2.16. The Morgan fingerprint density at radius 3 is 2.08 bits per heavy atom.